The Morgan fingerprint density at radius 1 is 1.08 bits per heavy atom. The van der Waals surface area contributed by atoms with Crippen LogP contribution >= 0.6 is 0 Å². The first-order valence-electron chi connectivity index (χ1n) is 7.00. The van der Waals surface area contributed by atoms with Gasteiger partial charge in [0.2, 0.25) is 22.7 Å². The number of ether oxygens (including phenoxy) is 2. The Kier molecular flexibility index (Phi) is 4.55. The second kappa shape index (κ2) is 6.65. The zero-order chi connectivity index (χ0) is 18.0. The van der Waals surface area contributed by atoms with E-state index in [9.17, 15) is 22.0 Å². The van der Waals surface area contributed by atoms with Crippen molar-refractivity contribution in [1.29, 1.82) is 0 Å². The molecule has 0 fully saturated rings. The maximum absolute atomic E-state index is 13.6. The van der Waals surface area contributed by atoms with Crippen molar-refractivity contribution in [2.75, 3.05) is 18.7 Å². The third-order valence-corrected chi connectivity index (χ3v) is 4.72. The highest BCUT2D eigenvalue weighted by Gasteiger charge is 2.24. The van der Waals surface area contributed by atoms with Crippen LogP contribution in [0.1, 0.15) is 0 Å². The summed E-state index contributed by atoms with van der Waals surface area (Å²) in [5.41, 5.74) is 0.352. The molecule has 0 radical (unpaired) electrons. The summed E-state index contributed by atoms with van der Waals surface area (Å²) in [6.45, 7) is -0.634. The van der Waals surface area contributed by atoms with E-state index < -0.39 is 39.0 Å². The van der Waals surface area contributed by atoms with Crippen molar-refractivity contribution < 1.29 is 31.5 Å². The molecule has 1 aliphatic rings. The second-order valence-corrected chi connectivity index (χ2v) is 6.70. The smallest absolute Gasteiger partial charge is 0.246 e. The van der Waals surface area contributed by atoms with Crippen LogP contribution in [0, 0.1) is 11.6 Å². The van der Waals surface area contributed by atoms with Gasteiger partial charge in [0.25, 0.3) is 0 Å². The van der Waals surface area contributed by atoms with Gasteiger partial charge < -0.3 is 14.8 Å². The average molecular weight is 370 g/mol. The molecule has 1 amide bonds. The highest BCUT2D eigenvalue weighted by molar-refractivity contribution is 7.89. The maximum atomic E-state index is 13.6. The van der Waals surface area contributed by atoms with Gasteiger partial charge in [0.05, 0.1) is 6.54 Å². The lowest BCUT2D eigenvalue weighted by Gasteiger charge is -2.09. The minimum Gasteiger partial charge on any atom is -0.454 e. The molecule has 10 heteroatoms. The summed E-state index contributed by atoms with van der Waals surface area (Å²) in [4.78, 5) is 10.7. The molecule has 0 atom stereocenters. The number of rotatable bonds is 5. The van der Waals surface area contributed by atoms with E-state index in [1.165, 1.54) is 12.1 Å². The Bertz CT molecular complexity index is 913. The van der Waals surface area contributed by atoms with E-state index >= 15 is 0 Å². The number of hydrogen-bond donors (Lipinski definition) is 2. The fourth-order valence-corrected chi connectivity index (χ4v) is 3.27. The van der Waals surface area contributed by atoms with E-state index in [0.29, 0.717) is 17.2 Å². The number of nitrogens with one attached hydrogen (secondary N) is 2. The molecule has 1 aliphatic heterocycles. The number of halogens is 2. The molecule has 25 heavy (non-hydrogen) atoms. The standard InChI is InChI=1S/C15H12F2N2O5S/c16-10-2-1-3-11(17)15(10)25(21,22)18-7-14(20)19-9-4-5-12-13(6-9)24-8-23-12/h1-6,18H,7-8H2,(H,19,20). The van der Waals surface area contributed by atoms with E-state index in [4.69, 9.17) is 9.47 Å². The predicted octanol–water partition coefficient (Wildman–Crippen LogP) is 1.61. The first kappa shape index (κ1) is 17.1. The number of sulfonamides is 1. The van der Waals surface area contributed by atoms with Crippen LogP contribution in [0.3, 0.4) is 0 Å². The summed E-state index contributed by atoms with van der Waals surface area (Å²) in [6, 6.07) is 7.28. The summed E-state index contributed by atoms with van der Waals surface area (Å²) in [5.74, 6) is -2.26. The van der Waals surface area contributed by atoms with E-state index in [0.717, 1.165) is 18.2 Å². The minimum absolute atomic E-state index is 0.0702. The van der Waals surface area contributed by atoms with E-state index in [2.05, 4.69) is 5.32 Å². The highest BCUT2D eigenvalue weighted by Crippen LogP contribution is 2.34. The molecular weight excluding hydrogens is 358 g/mol. The van der Waals surface area contributed by atoms with Gasteiger partial charge in [0.15, 0.2) is 16.4 Å². The van der Waals surface area contributed by atoms with Crippen LogP contribution in [0.4, 0.5) is 14.5 Å². The number of carbonyl (C=O) groups excluding carboxylic acids is 1. The SMILES string of the molecule is O=C(CNS(=O)(=O)c1c(F)cccc1F)Nc1ccc2c(c1)OCO2. The van der Waals surface area contributed by atoms with E-state index in [-0.39, 0.29) is 6.79 Å². The van der Waals surface area contributed by atoms with E-state index in [1.54, 1.807) is 6.07 Å². The maximum Gasteiger partial charge on any atom is 0.246 e. The lowest BCUT2D eigenvalue weighted by molar-refractivity contribution is -0.115. The summed E-state index contributed by atoms with van der Waals surface area (Å²) < 4.78 is 63.2. The summed E-state index contributed by atoms with van der Waals surface area (Å²) in [6.07, 6.45) is 0. The largest absolute Gasteiger partial charge is 0.454 e. The molecule has 0 saturated heterocycles. The zero-order valence-electron chi connectivity index (χ0n) is 12.6. The normalized spacial score (nSPS) is 12.9. The summed E-state index contributed by atoms with van der Waals surface area (Å²) in [7, 11) is -4.52. The van der Waals surface area contributed by atoms with Crippen molar-refractivity contribution >= 4 is 21.6 Å². The van der Waals surface area contributed by atoms with E-state index in [1.807, 2.05) is 4.72 Å². The van der Waals surface area contributed by atoms with Gasteiger partial charge >= 0.3 is 0 Å². The van der Waals surface area contributed by atoms with Gasteiger partial charge in [-0.2, -0.15) is 0 Å². The van der Waals surface area contributed by atoms with Crippen LogP contribution in [0.2, 0.25) is 0 Å². The number of carbonyl (C=O) groups is 1. The average Bonchev–Trinajstić information content (AvgIpc) is 3.00. The van der Waals surface area contributed by atoms with Crippen molar-refractivity contribution in [1.82, 2.24) is 4.72 Å². The van der Waals surface area contributed by atoms with Crippen LogP contribution < -0.4 is 19.5 Å². The monoisotopic (exact) mass is 370 g/mol. The zero-order valence-corrected chi connectivity index (χ0v) is 13.4. The van der Waals surface area contributed by atoms with Gasteiger partial charge in [0, 0.05) is 11.8 Å². The van der Waals surface area contributed by atoms with Gasteiger partial charge in [-0.15, -0.1) is 0 Å². The number of fused-ring (bicyclic) bond motifs is 1. The Hall–Kier alpha value is -2.72. The Morgan fingerprint density at radius 3 is 2.48 bits per heavy atom. The quantitative estimate of drug-likeness (QED) is 0.834. The van der Waals surface area contributed by atoms with Crippen molar-refractivity contribution in [2.45, 2.75) is 4.90 Å². The Labute approximate surface area is 141 Å². The fraction of sp³-hybridized carbons (Fsp3) is 0.133. The van der Waals surface area contributed by atoms with Crippen LogP contribution in [0.15, 0.2) is 41.3 Å². The molecule has 132 valence electrons. The number of amides is 1. The van der Waals surface area contributed by atoms with Gasteiger partial charge in [-0.25, -0.2) is 21.9 Å². The molecule has 0 unspecified atom stereocenters. The van der Waals surface area contributed by atoms with Crippen molar-refractivity contribution in [3.63, 3.8) is 0 Å². The Morgan fingerprint density at radius 2 is 1.76 bits per heavy atom. The van der Waals surface area contributed by atoms with Gasteiger partial charge in [-0.1, -0.05) is 6.07 Å². The van der Waals surface area contributed by atoms with Crippen molar-refractivity contribution in [3.8, 4) is 11.5 Å². The van der Waals surface area contributed by atoms with Gasteiger partial charge in [-0.3, -0.25) is 4.79 Å². The third-order valence-electron chi connectivity index (χ3n) is 3.27. The molecule has 0 aromatic heterocycles. The molecule has 7 nitrogen and oxygen atoms in total. The fourth-order valence-electron chi connectivity index (χ4n) is 2.15. The number of anilines is 1. The van der Waals surface area contributed by atoms with Crippen LogP contribution in [-0.2, 0) is 14.8 Å². The molecule has 0 aliphatic carbocycles. The molecule has 0 saturated carbocycles. The van der Waals surface area contributed by atoms with Crippen LogP contribution in [0.25, 0.3) is 0 Å². The van der Waals surface area contributed by atoms with Crippen LogP contribution in [0.5, 0.6) is 11.5 Å². The molecule has 1 heterocycles. The van der Waals surface area contributed by atoms with Gasteiger partial charge in [-0.05, 0) is 24.3 Å². The topological polar surface area (TPSA) is 93.7 Å². The highest BCUT2D eigenvalue weighted by atomic mass is 32.2. The van der Waals surface area contributed by atoms with Crippen molar-refractivity contribution in [2.24, 2.45) is 0 Å². The van der Waals surface area contributed by atoms with Gasteiger partial charge in [0.1, 0.15) is 11.6 Å². The third kappa shape index (κ3) is 3.69. The van der Waals surface area contributed by atoms with Crippen molar-refractivity contribution in [3.05, 3.63) is 48.0 Å². The summed E-state index contributed by atoms with van der Waals surface area (Å²) >= 11 is 0. The molecule has 2 aromatic carbocycles. The molecule has 2 aromatic rings. The molecule has 3 rings (SSSR count). The first-order valence-corrected chi connectivity index (χ1v) is 8.48. The molecule has 0 bridgehead atoms. The second-order valence-electron chi connectivity index (χ2n) is 4.99. The Balaban J connectivity index is 1.66. The molecule has 0 spiro atoms. The molecular formula is C15H12F2N2O5S. The lowest BCUT2D eigenvalue weighted by atomic mass is 10.3. The number of benzene rings is 2. The predicted molar refractivity (Wildman–Crippen MR) is 82.7 cm³/mol. The lowest BCUT2D eigenvalue weighted by Crippen LogP contribution is -2.33. The molecule has 2 N–H and O–H groups in total. The first-order chi connectivity index (χ1) is 11.9. The summed E-state index contributed by atoms with van der Waals surface area (Å²) in [5, 5.41) is 2.44. The minimum atomic E-state index is -4.52. The number of hydrogen-bond acceptors (Lipinski definition) is 5. The van der Waals surface area contributed by atoms with Crippen LogP contribution in [-0.4, -0.2) is 27.7 Å².